The van der Waals surface area contributed by atoms with Gasteiger partial charge in [0.05, 0.1) is 5.56 Å². The van der Waals surface area contributed by atoms with Crippen molar-refractivity contribution in [2.24, 2.45) is 11.7 Å². The van der Waals surface area contributed by atoms with Crippen LogP contribution in [0.3, 0.4) is 0 Å². The van der Waals surface area contributed by atoms with Gasteiger partial charge in [-0.15, -0.1) is 0 Å². The molecule has 4 heteroatoms. The molecule has 0 amide bonds. The van der Waals surface area contributed by atoms with E-state index in [1.54, 1.807) is 12.1 Å². The molecular weight excluding hydrogens is 252 g/mol. The quantitative estimate of drug-likeness (QED) is 0.851. The normalized spacial score (nSPS) is 11.4. The van der Waals surface area contributed by atoms with Gasteiger partial charge in [-0.2, -0.15) is 0 Å². The molecule has 0 aliphatic heterocycles. The van der Waals surface area contributed by atoms with E-state index in [9.17, 15) is 4.79 Å². The van der Waals surface area contributed by atoms with Crippen molar-refractivity contribution in [1.82, 2.24) is 4.57 Å². The molecule has 1 aromatic heterocycles. The van der Waals surface area contributed by atoms with E-state index in [0.717, 1.165) is 30.3 Å². The van der Waals surface area contributed by atoms with Crippen LogP contribution in [0.15, 0.2) is 24.4 Å². The van der Waals surface area contributed by atoms with Gasteiger partial charge in [0, 0.05) is 23.6 Å². The summed E-state index contributed by atoms with van der Waals surface area (Å²) in [5, 5.41) is 10.2. The summed E-state index contributed by atoms with van der Waals surface area (Å²) in [6.45, 7) is 5.94. The molecule has 0 bridgehead atoms. The Kier molecular flexibility index (Phi) is 4.45. The van der Waals surface area contributed by atoms with E-state index in [2.05, 4.69) is 24.6 Å². The predicted molar refractivity (Wildman–Crippen MR) is 81.1 cm³/mol. The molecule has 1 aromatic carbocycles. The number of nitrogens with zero attached hydrogens (tertiary/aromatic N) is 1. The summed E-state index contributed by atoms with van der Waals surface area (Å²) in [5.41, 5.74) is 8.22. The van der Waals surface area contributed by atoms with Gasteiger partial charge in [0.25, 0.3) is 0 Å². The first-order chi connectivity index (χ1) is 9.52. The highest BCUT2D eigenvalue weighted by molar-refractivity contribution is 5.95. The van der Waals surface area contributed by atoms with Crippen molar-refractivity contribution >= 4 is 16.9 Å². The summed E-state index contributed by atoms with van der Waals surface area (Å²) in [6, 6.07) is 5.36. The zero-order valence-corrected chi connectivity index (χ0v) is 12.1. The standard InChI is InChI=1S/C16H22N2O2/c1-11(2)9-18-10-13(4-3-7-17)14-8-12(16(19)20)5-6-15(14)18/h5-6,8,10-11H,3-4,7,9,17H2,1-2H3,(H,19,20). The first-order valence-corrected chi connectivity index (χ1v) is 7.08. The SMILES string of the molecule is CC(C)Cn1cc(CCCN)c2cc(C(=O)O)ccc21. The molecule has 0 spiro atoms. The number of aryl methyl sites for hydroxylation is 1. The third-order valence-corrected chi connectivity index (χ3v) is 3.42. The van der Waals surface area contributed by atoms with Crippen molar-refractivity contribution in [3.05, 3.63) is 35.5 Å². The third-order valence-electron chi connectivity index (χ3n) is 3.42. The van der Waals surface area contributed by atoms with E-state index in [1.807, 2.05) is 6.07 Å². The number of nitrogens with two attached hydrogens (primary N) is 1. The Bertz CT molecular complexity index is 614. The summed E-state index contributed by atoms with van der Waals surface area (Å²) >= 11 is 0. The van der Waals surface area contributed by atoms with Gasteiger partial charge in [-0.3, -0.25) is 0 Å². The molecule has 0 aliphatic carbocycles. The lowest BCUT2D eigenvalue weighted by Crippen LogP contribution is -2.03. The summed E-state index contributed by atoms with van der Waals surface area (Å²) in [6.07, 6.45) is 3.95. The Morgan fingerprint density at radius 2 is 2.15 bits per heavy atom. The number of carboxylic acids is 1. The van der Waals surface area contributed by atoms with Crippen molar-refractivity contribution in [2.75, 3.05) is 6.54 Å². The van der Waals surface area contributed by atoms with Crippen molar-refractivity contribution in [1.29, 1.82) is 0 Å². The van der Waals surface area contributed by atoms with Crippen LogP contribution in [0, 0.1) is 5.92 Å². The van der Waals surface area contributed by atoms with Crippen LogP contribution in [0.4, 0.5) is 0 Å². The van der Waals surface area contributed by atoms with Crippen molar-refractivity contribution < 1.29 is 9.90 Å². The zero-order valence-electron chi connectivity index (χ0n) is 12.1. The number of carboxylic acid groups (broad SMARTS) is 1. The molecule has 0 fully saturated rings. The maximum absolute atomic E-state index is 11.1. The first kappa shape index (κ1) is 14.6. The van der Waals surface area contributed by atoms with Crippen LogP contribution in [-0.4, -0.2) is 22.2 Å². The summed E-state index contributed by atoms with van der Waals surface area (Å²) in [4.78, 5) is 11.1. The van der Waals surface area contributed by atoms with Gasteiger partial charge < -0.3 is 15.4 Å². The minimum absolute atomic E-state index is 0.341. The summed E-state index contributed by atoms with van der Waals surface area (Å²) in [5.74, 6) is -0.333. The van der Waals surface area contributed by atoms with Gasteiger partial charge in [0.2, 0.25) is 0 Å². The monoisotopic (exact) mass is 274 g/mol. The highest BCUT2D eigenvalue weighted by Gasteiger charge is 2.12. The minimum Gasteiger partial charge on any atom is -0.478 e. The van der Waals surface area contributed by atoms with Gasteiger partial charge in [-0.05, 0) is 49.1 Å². The molecule has 4 nitrogen and oxygen atoms in total. The Hall–Kier alpha value is -1.81. The molecule has 0 atom stereocenters. The maximum Gasteiger partial charge on any atom is 0.335 e. The highest BCUT2D eigenvalue weighted by Crippen LogP contribution is 2.25. The molecule has 108 valence electrons. The fourth-order valence-electron chi connectivity index (χ4n) is 2.54. The van der Waals surface area contributed by atoms with Crippen LogP contribution in [0.5, 0.6) is 0 Å². The topological polar surface area (TPSA) is 68.2 Å². The van der Waals surface area contributed by atoms with Crippen LogP contribution < -0.4 is 5.73 Å². The highest BCUT2D eigenvalue weighted by atomic mass is 16.4. The lowest BCUT2D eigenvalue weighted by Gasteiger charge is -2.08. The lowest BCUT2D eigenvalue weighted by atomic mass is 10.1. The molecule has 0 aliphatic rings. The summed E-state index contributed by atoms with van der Waals surface area (Å²) in [7, 11) is 0. The molecule has 2 rings (SSSR count). The maximum atomic E-state index is 11.1. The van der Waals surface area contributed by atoms with Crippen LogP contribution >= 0.6 is 0 Å². The van der Waals surface area contributed by atoms with E-state index in [4.69, 9.17) is 10.8 Å². The van der Waals surface area contributed by atoms with Crippen LogP contribution in [0.2, 0.25) is 0 Å². The number of aromatic carboxylic acids is 1. The molecular formula is C16H22N2O2. The summed E-state index contributed by atoms with van der Waals surface area (Å²) < 4.78 is 2.22. The second-order valence-corrected chi connectivity index (χ2v) is 5.63. The van der Waals surface area contributed by atoms with Crippen LogP contribution in [0.25, 0.3) is 10.9 Å². The van der Waals surface area contributed by atoms with E-state index in [1.165, 1.54) is 5.56 Å². The molecule has 1 heterocycles. The zero-order chi connectivity index (χ0) is 14.7. The van der Waals surface area contributed by atoms with Gasteiger partial charge in [-0.1, -0.05) is 13.8 Å². The van der Waals surface area contributed by atoms with Gasteiger partial charge in [0.1, 0.15) is 0 Å². The van der Waals surface area contributed by atoms with Gasteiger partial charge >= 0.3 is 5.97 Å². The number of aromatic nitrogens is 1. The molecule has 0 saturated heterocycles. The Morgan fingerprint density at radius 3 is 2.75 bits per heavy atom. The second kappa shape index (κ2) is 6.09. The molecule has 0 saturated carbocycles. The molecule has 20 heavy (non-hydrogen) atoms. The number of fused-ring (bicyclic) bond motifs is 1. The number of benzene rings is 1. The van der Waals surface area contributed by atoms with E-state index in [-0.39, 0.29) is 0 Å². The van der Waals surface area contributed by atoms with Crippen LogP contribution in [-0.2, 0) is 13.0 Å². The van der Waals surface area contributed by atoms with Gasteiger partial charge in [0.15, 0.2) is 0 Å². The van der Waals surface area contributed by atoms with Crippen molar-refractivity contribution in [2.45, 2.75) is 33.2 Å². The average molecular weight is 274 g/mol. The number of hydrogen-bond acceptors (Lipinski definition) is 2. The minimum atomic E-state index is -0.881. The number of rotatable bonds is 6. The third kappa shape index (κ3) is 3.02. The number of carbonyl (C=O) groups is 1. The molecule has 3 N–H and O–H groups in total. The van der Waals surface area contributed by atoms with Crippen LogP contribution in [0.1, 0.15) is 36.2 Å². The molecule has 0 radical (unpaired) electrons. The van der Waals surface area contributed by atoms with Crippen molar-refractivity contribution in [3.63, 3.8) is 0 Å². The average Bonchev–Trinajstić information content (AvgIpc) is 2.73. The Balaban J connectivity index is 2.51. The Morgan fingerprint density at radius 1 is 1.40 bits per heavy atom. The van der Waals surface area contributed by atoms with Gasteiger partial charge in [-0.25, -0.2) is 4.79 Å². The van der Waals surface area contributed by atoms with E-state index >= 15 is 0 Å². The molecule has 2 aromatic rings. The molecule has 0 unspecified atom stereocenters. The van der Waals surface area contributed by atoms with E-state index in [0.29, 0.717) is 18.0 Å². The Labute approximate surface area is 119 Å². The second-order valence-electron chi connectivity index (χ2n) is 5.63. The lowest BCUT2D eigenvalue weighted by molar-refractivity contribution is 0.0697. The van der Waals surface area contributed by atoms with Crippen molar-refractivity contribution in [3.8, 4) is 0 Å². The predicted octanol–water partition coefficient (Wildman–Crippen LogP) is 2.89. The van der Waals surface area contributed by atoms with E-state index < -0.39 is 5.97 Å². The fourth-order valence-corrected chi connectivity index (χ4v) is 2.54. The number of hydrogen-bond donors (Lipinski definition) is 2. The first-order valence-electron chi connectivity index (χ1n) is 7.08. The fraction of sp³-hybridized carbons (Fsp3) is 0.438. The largest absolute Gasteiger partial charge is 0.478 e. The smallest absolute Gasteiger partial charge is 0.335 e.